The molecule has 1 amide bonds. The number of nitrogens with zero attached hydrogens (tertiary/aromatic N) is 2. The number of hydrogen-bond donors (Lipinski definition) is 1. The maximum atomic E-state index is 12.6. The molecule has 1 N–H and O–H groups in total. The maximum absolute atomic E-state index is 12.6. The Bertz CT molecular complexity index is 828. The van der Waals surface area contributed by atoms with E-state index in [2.05, 4.69) is 27.0 Å². The van der Waals surface area contributed by atoms with Crippen LogP contribution in [0.1, 0.15) is 34.1 Å². The quantitative estimate of drug-likeness (QED) is 0.722. The SMILES string of the molecule is Cc1ccc(-c2nnsc2C(=O)NC(C)CCc2ccccc2)cc1. The van der Waals surface area contributed by atoms with Crippen molar-refractivity contribution in [1.29, 1.82) is 0 Å². The van der Waals surface area contributed by atoms with Gasteiger partial charge in [0.25, 0.3) is 5.91 Å². The molecule has 128 valence electrons. The third kappa shape index (κ3) is 4.51. The first-order valence-electron chi connectivity index (χ1n) is 8.37. The maximum Gasteiger partial charge on any atom is 0.265 e. The Morgan fingerprint density at radius 2 is 1.84 bits per heavy atom. The fourth-order valence-electron chi connectivity index (χ4n) is 2.63. The Labute approximate surface area is 152 Å². The van der Waals surface area contributed by atoms with Crippen molar-refractivity contribution in [3.05, 3.63) is 70.6 Å². The van der Waals surface area contributed by atoms with Crippen molar-refractivity contribution in [2.45, 2.75) is 32.7 Å². The summed E-state index contributed by atoms with van der Waals surface area (Å²) in [6.45, 7) is 4.06. The summed E-state index contributed by atoms with van der Waals surface area (Å²) in [5, 5.41) is 7.21. The molecule has 1 heterocycles. The molecule has 0 saturated heterocycles. The predicted molar refractivity (Wildman–Crippen MR) is 102 cm³/mol. The molecular weight excluding hydrogens is 330 g/mol. The number of rotatable bonds is 6. The molecule has 0 aliphatic rings. The standard InChI is InChI=1S/C20H21N3OS/c1-14-8-12-17(13-9-14)18-19(25-23-22-18)20(24)21-15(2)10-11-16-6-4-3-5-7-16/h3-9,12-13,15H,10-11H2,1-2H3,(H,21,24). The molecule has 3 rings (SSSR count). The van der Waals surface area contributed by atoms with Crippen LogP contribution in [-0.2, 0) is 6.42 Å². The first-order chi connectivity index (χ1) is 12.1. The number of aromatic nitrogens is 2. The van der Waals surface area contributed by atoms with Gasteiger partial charge in [-0.2, -0.15) is 0 Å². The van der Waals surface area contributed by atoms with Crippen molar-refractivity contribution < 1.29 is 4.79 Å². The van der Waals surface area contributed by atoms with Gasteiger partial charge in [0.2, 0.25) is 0 Å². The van der Waals surface area contributed by atoms with Crippen LogP contribution in [0.15, 0.2) is 54.6 Å². The largest absolute Gasteiger partial charge is 0.349 e. The summed E-state index contributed by atoms with van der Waals surface area (Å²) < 4.78 is 3.97. The fraction of sp³-hybridized carbons (Fsp3) is 0.250. The summed E-state index contributed by atoms with van der Waals surface area (Å²) in [5.74, 6) is -0.105. The van der Waals surface area contributed by atoms with E-state index in [4.69, 9.17) is 0 Å². The molecule has 0 fully saturated rings. The van der Waals surface area contributed by atoms with E-state index in [0.717, 1.165) is 29.9 Å². The zero-order valence-electron chi connectivity index (χ0n) is 14.4. The van der Waals surface area contributed by atoms with Gasteiger partial charge in [-0.3, -0.25) is 4.79 Å². The molecule has 4 nitrogen and oxygen atoms in total. The predicted octanol–water partition coefficient (Wildman–Crippen LogP) is 4.26. The molecule has 0 bridgehead atoms. The van der Waals surface area contributed by atoms with Crippen LogP contribution in [0.2, 0.25) is 0 Å². The highest BCUT2D eigenvalue weighted by molar-refractivity contribution is 7.08. The van der Waals surface area contributed by atoms with Crippen LogP contribution in [-0.4, -0.2) is 21.5 Å². The van der Waals surface area contributed by atoms with E-state index in [1.807, 2.05) is 56.3 Å². The molecule has 0 radical (unpaired) electrons. The Morgan fingerprint density at radius 1 is 1.12 bits per heavy atom. The lowest BCUT2D eigenvalue weighted by molar-refractivity contribution is 0.0943. The Balaban J connectivity index is 1.63. The lowest BCUT2D eigenvalue weighted by atomic mass is 10.1. The number of benzene rings is 2. The van der Waals surface area contributed by atoms with E-state index in [1.165, 1.54) is 11.1 Å². The molecule has 0 spiro atoms. The topological polar surface area (TPSA) is 54.9 Å². The third-order valence-corrected chi connectivity index (χ3v) is 4.83. The van der Waals surface area contributed by atoms with Crippen molar-refractivity contribution >= 4 is 17.4 Å². The lowest BCUT2D eigenvalue weighted by Crippen LogP contribution is -2.32. The third-order valence-electron chi connectivity index (χ3n) is 4.11. The normalized spacial score (nSPS) is 11.9. The summed E-state index contributed by atoms with van der Waals surface area (Å²) in [5.41, 5.74) is 4.02. The summed E-state index contributed by atoms with van der Waals surface area (Å²) in [6.07, 6.45) is 1.83. The van der Waals surface area contributed by atoms with Crippen LogP contribution in [0.4, 0.5) is 0 Å². The van der Waals surface area contributed by atoms with Gasteiger partial charge in [-0.15, -0.1) is 5.10 Å². The number of carbonyl (C=O) groups is 1. The van der Waals surface area contributed by atoms with E-state index in [0.29, 0.717) is 10.6 Å². The van der Waals surface area contributed by atoms with Crippen molar-refractivity contribution in [3.8, 4) is 11.3 Å². The molecule has 2 aromatic carbocycles. The first kappa shape index (κ1) is 17.3. The van der Waals surface area contributed by atoms with Gasteiger partial charge in [-0.1, -0.05) is 64.6 Å². The van der Waals surface area contributed by atoms with Crippen molar-refractivity contribution in [2.75, 3.05) is 0 Å². The van der Waals surface area contributed by atoms with E-state index >= 15 is 0 Å². The van der Waals surface area contributed by atoms with Crippen LogP contribution in [0.3, 0.4) is 0 Å². The molecule has 0 saturated carbocycles. The number of hydrogen-bond acceptors (Lipinski definition) is 4. The van der Waals surface area contributed by atoms with E-state index in [1.54, 1.807) is 0 Å². The van der Waals surface area contributed by atoms with Crippen molar-refractivity contribution in [3.63, 3.8) is 0 Å². The fourth-order valence-corrected chi connectivity index (χ4v) is 3.22. The molecule has 0 aliphatic carbocycles. The Kier molecular flexibility index (Phi) is 5.56. The summed E-state index contributed by atoms with van der Waals surface area (Å²) >= 11 is 1.14. The molecule has 3 aromatic rings. The molecule has 25 heavy (non-hydrogen) atoms. The van der Waals surface area contributed by atoms with Crippen LogP contribution in [0.25, 0.3) is 11.3 Å². The second-order valence-corrected chi connectivity index (χ2v) is 6.97. The second-order valence-electron chi connectivity index (χ2n) is 6.22. The average Bonchev–Trinajstić information content (AvgIpc) is 3.11. The van der Waals surface area contributed by atoms with Crippen LogP contribution < -0.4 is 5.32 Å². The number of carbonyl (C=O) groups excluding carboxylic acids is 1. The highest BCUT2D eigenvalue weighted by Crippen LogP contribution is 2.24. The smallest absolute Gasteiger partial charge is 0.265 e. The van der Waals surface area contributed by atoms with E-state index in [-0.39, 0.29) is 11.9 Å². The number of nitrogens with one attached hydrogen (secondary N) is 1. The van der Waals surface area contributed by atoms with Gasteiger partial charge in [-0.05, 0) is 43.8 Å². The van der Waals surface area contributed by atoms with E-state index < -0.39 is 0 Å². The zero-order valence-corrected chi connectivity index (χ0v) is 15.2. The highest BCUT2D eigenvalue weighted by atomic mass is 32.1. The zero-order chi connectivity index (χ0) is 17.6. The van der Waals surface area contributed by atoms with Crippen LogP contribution in [0, 0.1) is 6.92 Å². The second kappa shape index (κ2) is 8.03. The molecule has 1 aromatic heterocycles. The minimum atomic E-state index is -0.105. The summed E-state index contributed by atoms with van der Waals surface area (Å²) in [6, 6.07) is 18.4. The Hall–Kier alpha value is -2.53. The summed E-state index contributed by atoms with van der Waals surface area (Å²) in [4.78, 5) is 13.2. The van der Waals surface area contributed by atoms with Crippen molar-refractivity contribution in [2.24, 2.45) is 0 Å². The first-order valence-corrected chi connectivity index (χ1v) is 9.15. The molecule has 0 aliphatic heterocycles. The van der Waals surface area contributed by atoms with Gasteiger partial charge in [-0.25, -0.2) is 0 Å². The lowest BCUT2D eigenvalue weighted by Gasteiger charge is -2.13. The number of aryl methyl sites for hydroxylation is 2. The van der Waals surface area contributed by atoms with Gasteiger partial charge in [0.15, 0.2) is 0 Å². The van der Waals surface area contributed by atoms with Crippen LogP contribution in [0.5, 0.6) is 0 Å². The van der Waals surface area contributed by atoms with E-state index in [9.17, 15) is 4.79 Å². The number of amides is 1. The highest BCUT2D eigenvalue weighted by Gasteiger charge is 2.19. The van der Waals surface area contributed by atoms with Gasteiger partial charge in [0, 0.05) is 11.6 Å². The average molecular weight is 351 g/mol. The van der Waals surface area contributed by atoms with Gasteiger partial charge >= 0.3 is 0 Å². The van der Waals surface area contributed by atoms with Gasteiger partial charge < -0.3 is 5.32 Å². The molecule has 1 atom stereocenters. The molecule has 1 unspecified atom stereocenters. The Morgan fingerprint density at radius 3 is 2.56 bits per heavy atom. The summed E-state index contributed by atoms with van der Waals surface area (Å²) in [7, 11) is 0. The molecular formula is C20H21N3OS. The van der Waals surface area contributed by atoms with Crippen molar-refractivity contribution in [1.82, 2.24) is 14.9 Å². The minimum Gasteiger partial charge on any atom is -0.349 e. The minimum absolute atomic E-state index is 0.0840. The monoisotopic (exact) mass is 351 g/mol. The van der Waals surface area contributed by atoms with Gasteiger partial charge in [0.1, 0.15) is 10.6 Å². The van der Waals surface area contributed by atoms with Gasteiger partial charge in [0.05, 0.1) is 0 Å². The van der Waals surface area contributed by atoms with Crippen LogP contribution >= 0.6 is 11.5 Å². The molecule has 5 heteroatoms.